The number of amidine groups is 2. The first-order valence-electron chi connectivity index (χ1n) is 7.55. The van der Waals surface area contributed by atoms with Crippen LogP contribution in [0.3, 0.4) is 0 Å². The molecule has 1 aromatic carbocycles. The van der Waals surface area contributed by atoms with Crippen LogP contribution in [0.25, 0.3) is 0 Å². The van der Waals surface area contributed by atoms with Crippen LogP contribution >= 0.6 is 15.9 Å². The summed E-state index contributed by atoms with van der Waals surface area (Å²) in [5.74, 6) is 0. The maximum Gasteiger partial charge on any atom is 2.00 e. The molecule has 1 radical (unpaired) electrons. The number of alkyl halides is 3. The molecule has 6 nitrogen and oxygen atoms in total. The van der Waals surface area contributed by atoms with Gasteiger partial charge in [0, 0.05) is 16.6 Å². The molecule has 0 aromatic heterocycles. The number of rotatable bonds is 6. The van der Waals surface area contributed by atoms with Crippen LogP contribution in [0.4, 0.5) is 13.2 Å². The van der Waals surface area contributed by atoms with E-state index in [2.05, 4.69) is 41.7 Å². The minimum atomic E-state index is -4.41. The zero-order valence-corrected chi connectivity index (χ0v) is 18.8. The van der Waals surface area contributed by atoms with Gasteiger partial charge >= 0.3 is 23.2 Å². The summed E-state index contributed by atoms with van der Waals surface area (Å²) in [6, 6.07) is 7.04. The van der Waals surface area contributed by atoms with Crippen molar-refractivity contribution in [2.75, 3.05) is 13.1 Å². The van der Waals surface area contributed by atoms with Gasteiger partial charge in [-0.05, 0) is 36.3 Å². The van der Waals surface area contributed by atoms with Crippen LogP contribution in [0.5, 0.6) is 0 Å². The summed E-state index contributed by atoms with van der Waals surface area (Å²) in [5.41, 5.74) is 1.29. The molecule has 0 fully saturated rings. The smallest absolute Gasteiger partial charge is 0.741 e. The summed E-state index contributed by atoms with van der Waals surface area (Å²) in [7, 11) is 0. The van der Waals surface area contributed by atoms with Crippen molar-refractivity contribution < 1.29 is 30.2 Å². The number of nitrogens with one attached hydrogen (secondary N) is 2. The van der Waals surface area contributed by atoms with Gasteiger partial charge in [0.05, 0.1) is 5.71 Å². The Labute approximate surface area is 191 Å². The summed E-state index contributed by atoms with van der Waals surface area (Å²) < 4.78 is 37.5. The second-order valence-electron chi connectivity index (χ2n) is 4.95. The predicted molar refractivity (Wildman–Crippen MR) is 111 cm³/mol. The first-order chi connectivity index (χ1) is 12.6. The van der Waals surface area contributed by atoms with Crippen LogP contribution in [0.2, 0.25) is 0 Å². The van der Waals surface area contributed by atoms with Gasteiger partial charge in [-0.25, -0.2) is 0 Å². The average Bonchev–Trinajstić information content (AvgIpc) is 2.59. The molecule has 0 atom stereocenters. The first-order valence-corrected chi connectivity index (χ1v) is 9.16. The molecule has 0 aliphatic rings. The molecule has 28 heavy (non-hydrogen) atoms. The standard InChI is InChI=1S/C15H18BrF3N6S2.Cu/c1-3-20-13(26)24-22-9(2)12(10-4-6-11(16)7-5-10)23-25-14(27)21-8-15(17,18)19;/h4-7H,3,8H2,1-2H3,(H2,20,24,26)(H2,21,25,27);/q;+2/p-2. The summed E-state index contributed by atoms with van der Waals surface area (Å²) >= 11 is 13.1. The van der Waals surface area contributed by atoms with Gasteiger partial charge in [0.1, 0.15) is 12.3 Å². The SMILES string of the molecule is CCNC([S-])=NN=C(C)C(=NN=C([S-])NCC(F)(F)F)c1ccc(Br)cc1.[Cu+2]. The zero-order valence-electron chi connectivity index (χ0n) is 14.6. The molecule has 0 aliphatic heterocycles. The van der Waals surface area contributed by atoms with Crippen molar-refractivity contribution in [1.82, 2.24) is 10.6 Å². The Morgan fingerprint density at radius 2 is 1.54 bits per heavy atom. The average molecular weight is 545 g/mol. The van der Waals surface area contributed by atoms with Crippen molar-refractivity contribution in [3.63, 3.8) is 0 Å². The molecule has 157 valence electrons. The third kappa shape index (κ3) is 10.9. The molecule has 0 amide bonds. The summed E-state index contributed by atoms with van der Waals surface area (Å²) in [4.78, 5) is 0. The maximum atomic E-state index is 12.2. The number of hydrogen-bond donors (Lipinski definition) is 2. The number of halogens is 4. The van der Waals surface area contributed by atoms with Gasteiger partial charge in [0.2, 0.25) is 0 Å². The molecule has 1 aromatic rings. The molecule has 0 heterocycles. The summed E-state index contributed by atoms with van der Waals surface area (Å²) in [5, 5.41) is 20.0. The fourth-order valence-electron chi connectivity index (χ4n) is 1.61. The number of nitrogens with zero attached hydrogens (tertiary/aromatic N) is 4. The molecule has 0 spiro atoms. The molecule has 0 saturated carbocycles. The fourth-order valence-corrected chi connectivity index (χ4v) is 2.17. The molecule has 2 N–H and O–H groups in total. The Hall–Kier alpha value is -1.27. The van der Waals surface area contributed by atoms with E-state index in [9.17, 15) is 13.2 Å². The van der Waals surface area contributed by atoms with Crippen LogP contribution in [-0.2, 0) is 42.3 Å². The molecule has 0 saturated heterocycles. The Morgan fingerprint density at radius 3 is 2.07 bits per heavy atom. The van der Waals surface area contributed by atoms with Crippen LogP contribution < -0.4 is 10.6 Å². The van der Waals surface area contributed by atoms with E-state index < -0.39 is 17.9 Å². The van der Waals surface area contributed by atoms with E-state index in [4.69, 9.17) is 25.3 Å². The van der Waals surface area contributed by atoms with E-state index in [0.29, 0.717) is 23.5 Å². The number of hydrogen-bond acceptors (Lipinski definition) is 6. The van der Waals surface area contributed by atoms with Crippen molar-refractivity contribution in [1.29, 1.82) is 0 Å². The van der Waals surface area contributed by atoms with E-state index in [1.54, 1.807) is 31.2 Å². The Bertz CT molecular complexity index is 751. The van der Waals surface area contributed by atoms with Crippen molar-refractivity contribution in [2.45, 2.75) is 20.0 Å². The van der Waals surface area contributed by atoms with Crippen LogP contribution in [0.1, 0.15) is 19.4 Å². The van der Waals surface area contributed by atoms with Gasteiger partial charge in [0.15, 0.2) is 0 Å². The predicted octanol–water partition coefficient (Wildman–Crippen LogP) is 3.09. The molecule has 0 aliphatic carbocycles. The van der Waals surface area contributed by atoms with Crippen LogP contribution in [0.15, 0.2) is 49.1 Å². The van der Waals surface area contributed by atoms with Gasteiger partial charge in [-0.3, -0.25) is 0 Å². The molecular weight excluding hydrogens is 529 g/mol. The van der Waals surface area contributed by atoms with E-state index in [1.165, 1.54) is 0 Å². The van der Waals surface area contributed by atoms with Crippen LogP contribution in [-0.4, -0.2) is 41.0 Å². The monoisotopic (exact) mass is 543 g/mol. The Morgan fingerprint density at radius 1 is 1.00 bits per heavy atom. The van der Waals surface area contributed by atoms with Gasteiger partial charge in [-0.1, -0.05) is 28.1 Å². The second kappa shape index (κ2) is 13.0. The van der Waals surface area contributed by atoms with Gasteiger partial charge < -0.3 is 35.9 Å². The van der Waals surface area contributed by atoms with Crippen molar-refractivity contribution in [3.8, 4) is 0 Å². The molecule has 0 unspecified atom stereocenters. The van der Waals surface area contributed by atoms with Gasteiger partial charge in [-0.2, -0.15) is 28.5 Å². The summed E-state index contributed by atoms with van der Waals surface area (Å²) in [6.07, 6.45) is -4.41. The minimum absolute atomic E-state index is 0. The molecular formula is C15H16BrCuF3N6S2. The maximum absolute atomic E-state index is 12.2. The Kier molecular flexibility index (Phi) is 12.5. The largest absolute Gasteiger partial charge is 2.00 e. The first kappa shape index (κ1) is 26.7. The van der Waals surface area contributed by atoms with E-state index in [-0.39, 0.29) is 22.2 Å². The molecule has 0 bridgehead atoms. The summed E-state index contributed by atoms with van der Waals surface area (Å²) in [6.45, 7) is 2.79. The topological polar surface area (TPSA) is 73.5 Å². The van der Waals surface area contributed by atoms with E-state index in [1.807, 2.05) is 12.2 Å². The molecule has 1 rings (SSSR count). The van der Waals surface area contributed by atoms with E-state index >= 15 is 0 Å². The van der Waals surface area contributed by atoms with Crippen molar-refractivity contribution in [3.05, 3.63) is 34.3 Å². The number of benzene rings is 1. The third-order valence-electron chi connectivity index (χ3n) is 2.76. The van der Waals surface area contributed by atoms with E-state index in [0.717, 1.165) is 4.47 Å². The third-order valence-corrected chi connectivity index (χ3v) is 3.74. The normalized spacial score (nSPS) is 13.8. The molecule has 13 heteroatoms. The quantitative estimate of drug-likeness (QED) is 0.190. The zero-order chi connectivity index (χ0) is 20.4. The van der Waals surface area contributed by atoms with Crippen molar-refractivity contribution >= 4 is 62.9 Å². The van der Waals surface area contributed by atoms with Gasteiger partial charge in [0.25, 0.3) is 0 Å². The fraction of sp³-hybridized carbons (Fsp3) is 0.333. The Balaban J connectivity index is 0.00000729. The second-order valence-corrected chi connectivity index (χ2v) is 6.64. The van der Waals surface area contributed by atoms with Gasteiger partial charge in [-0.15, -0.1) is 5.10 Å². The van der Waals surface area contributed by atoms with Crippen molar-refractivity contribution in [2.24, 2.45) is 20.4 Å². The minimum Gasteiger partial charge on any atom is -0.741 e. The van der Waals surface area contributed by atoms with Crippen LogP contribution in [0, 0.1) is 0 Å².